The van der Waals surface area contributed by atoms with Crippen LogP contribution in [0.2, 0.25) is 0 Å². The van der Waals surface area contributed by atoms with Crippen molar-refractivity contribution in [1.29, 1.82) is 0 Å². The zero-order valence-electron chi connectivity index (χ0n) is 9.23. The van der Waals surface area contributed by atoms with Crippen LogP contribution in [0.15, 0.2) is 30.3 Å². The Morgan fingerprint density at radius 1 is 1.12 bits per heavy atom. The fraction of sp³-hybridized carbons (Fsp3) is 0.333. The Hall–Kier alpha value is -1.55. The largest absolute Gasteiger partial charge is 0.508 e. The first-order chi connectivity index (χ1) is 8.18. The molecule has 0 aliphatic carbocycles. The Bertz CT molecular complexity index is 364. The van der Waals surface area contributed by atoms with Crippen molar-refractivity contribution in [1.82, 2.24) is 0 Å². The summed E-state index contributed by atoms with van der Waals surface area (Å²) in [7, 11) is 0. The third-order valence-corrected chi connectivity index (χ3v) is 2.13. The summed E-state index contributed by atoms with van der Waals surface area (Å²) in [5.41, 5.74) is 0.889. The van der Waals surface area contributed by atoms with Crippen LogP contribution >= 0.6 is 11.6 Å². The van der Waals surface area contributed by atoms with E-state index < -0.39 is 11.4 Å². The van der Waals surface area contributed by atoms with E-state index in [4.69, 9.17) is 21.1 Å². The molecule has 0 unspecified atom stereocenters. The van der Waals surface area contributed by atoms with E-state index in [1.54, 1.807) is 0 Å². The van der Waals surface area contributed by atoms with Gasteiger partial charge < -0.3 is 9.47 Å². The smallest absolute Gasteiger partial charge is 0.434 e. The van der Waals surface area contributed by atoms with Gasteiger partial charge in [0.15, 0.2) is 0 Å². The van der Waals surface area contributed by atoms with E-state index in [-0.39, 0.29) is 19.6 Å². The van der Waals surface area contributed by atoms with Gasteiger partial charge in [-0.1, -0.05) is 30.3 Å². The fourth-order valence-corrected chi connectivity index (χ4v) is 1.26. The van der Waals surface area contributed by atoms with Crippen LogP contribution in [0, 0.1) is 0 Å². The number of hydrogen-bond donors (Lipinski definition) is 0. The lowest BCUT2D eigenvalue weighted by molar-refractivity contribution is -0.112. The molecule has 0 aliphatic rings. The Balaban J connectivity index is 2.11. The molecule has 0 N–H and O–H groups in total. The predicted octanol–water partition coefficient (Wildman–Crippen LogP) is 2.89. The first kappa shape index (κ1) is 13.5. The highest BCUT2D eigenvalue weighted by atomic mass is 35.5. The van der Waals surface area contributed by atoms with Crippen molar-refractivity contribution < 1.29 is 19.1 Å². The Kier molecular flexibility index (Phi) is 6.10. The van der Waals surface area contributed by atoms with Gasteiger partial charge in [-0.05, 0) is 23.6 Å². The normalized spacial score (nSPS) is 9.71. The maximum atomic E-state index is 11.1. The topological polar surface area (TPSA) is 52.6 Å². The minimum atomic E-state index is -0.740. The number of rotatable bonds is 6. The van der Waals surface area contributed by atoms with Crippen LogP contribution < -0.4 is 0 Å². The lowest BCUT2D eigenvalue weighted by atomic mass is 10.2. The standard InChI is InChI=1S/C12H13ClO4/c13-11(14)7-4-8-16-12(15)17-9-10-5-2-1-3-6-10/h1-3,5-6H,4,7-9H2. The van der Waals surface area contributed by atoms with Gasteiger partial charge in [-0.3, -0.25) is 4.79 Å². The Morgan fingerprint density at radius 3 is 2.47 bits per heavy atom. The van der Waals surface area contributed by atoms with Gasteiger partial charge >= 0.3 is 6.16 Å². The quantitative estimate of drug-likeness (QED) is 0.446. The van der Waals surface area contributed by atoms with Crippen LogP contribution in [0.25, 0.3) is 0 Å². The molecule has 5 heteroatoms. The maximum absolute atomic E-state index is 11.1. The molecule has 0 fully saturated rings. The van der Waals surface area contributed by atoms with Gasteiger partial charge in [0.25, 0.3) is 0 Å². The fourth-order valence-electron chi connectivity index (χ4n) is 1.12. The molecule has 0 aromatic heterocycles. The van der Waals surface area contributed by atoms with Gasteiger partial charge in [-0.2, -0.15) is 0 Å². The van der Waals surface area contributed by atoms with Crippen molar-refractivity contribution in [2.24, 2.45) is 0 Å². The molecule has 1 aromatic carbocycles. The zero-order valence-corrected chi connectivity index (χ0v) is 9.98. The predicted molar refractivity (Wildman–Crippen MR) is 62.7 cm³/mol. The first-order valence-corrected chi connectivity index (χ1v) is 5.58. The van der Waals surface area contributed by atoms with Crippen LogP contribution in [0.3, 0.4) is 0 Å². The number of carbonyl (C=O) groups excluding carboxylic acids is 2. The van der Waals surface area contributed by atoms with E-state index in [1.807, 2.05) is 30.3 Å². The van der Waals surface area contributed by atoms with Gasteiger partial charge in [0.05, 0.1) is 6.61 Å². The van der Waals surface area contributed by atoms with Gasteiger partial charge in [0, 0.05) is 6.42 Å². The average molecular weight is 257 g/mol. The molecule has 4 nitrogen and oxygen atoms in total. The summed E-state index contributed by atoms with van der Waals surface area (Å²) < 4.78 is 9.60. The second kappa shape index (κ2) is 7.68. The minimum Gasteiger partial charge on any atom is -0.434 e. The molecule has 0 amide bonds. The van der Waals surface area contributed by atoms with Crippen molar-refractivity contribution in [2.45, 2.75) is 19.4 Å². The molecule has 0 radical (unpaired) electrons. The van der Waals surface area contributed by atoms with Crippen molar-refractivity contribution >= 4 is 23.0 Å². The van der Waals surface area contributed by atoms with E-state index in [2.05, 4.69) is 0 Å². The van der Waals surface area contributed by atoms with Gasteiger partial charge in [0.1, 0.15) is 6.61 Å². The highest BCUT2D eigenvalue weighted by Crippen LogP contribution is 2.02. The molecule has 0 heterocycles. The summed E-state index contributed by atoms with van der Waals surface area (Å²) in [5.74, 6) is 0. The summed E-state index contributed by atoms with van der Waals surface area (Å²) in [6.07, 6.45) is -0.146. The monoisotopic (exact) mass is 256 g/mol. The molecule has 0 spiro atoms. The number of halogens is 1. The highest BCUT2D eigenvalue weighted by Gasteiger charge is 2.04. The van der Waals surface area contributed by atoms with Crippen molar-refractivity contribution in [3.05, 3.63) is 35.9 Å². The van der Waals surface area contributed by atoms with Crippen LogP contribution in [-0.2, 0) is 20.9 Å². The van der Waals surface area contributed by atoms with Crippen molar-refractivity contribution in [2.75, 3.05) is 6.61 Å². The van der Waals surface area contributed by atoms with E-state index in [0.29, 0.717) is 6.42 Å². The molecule has 0 saturated carbocycles. The first-order valence-electron chi connectivity index (χ1n) is 5.20. The molecule has 0 atom stereocenters. The molecule has 92 valence electrons. The third-order valence-electron chi connectivity index (χ3n) is 1.94. The van der Waals surface area contributed by atoms with Gasteiger partial charge in [-0.15, -0.1) is 0 Å². The van der Waals surface area contributed by atoms with Crippen molar-refractivity contribution in [3.63, 3.8) is 0 Å². The molecule has 0 aliphatic heterocycles. The van der Waals surface area contributed by atoms with E-state index in [1.165, 1.54) is 0 Å². The van der Waals surface area contributed by atoms with E-state index in [0.717, 1.165) is 5.56 Å². The summed E-state index contributed by atoms with van der Waals surface area (Å²) in [6, 6.07) is 9.29. The molecule has 1 rings (SSSR count). The Morgan fingerprint density at radius 2 is 1.82 bits per heavy atom. The molecule has 0 saturated heterocycles. The number of hydrogen-bond acceptors (Lipinski definition) is 4. The zero-order chi connectivity index (χ0) is 12.5. The highest BCUT2D eigenvalue weighted by molar-refractivity contribution is 6.63. The molecular weight excluding hydrogens is 244 g/mol. The average Bonchev–Trinajstić information content (AvgIpc) is 2.33. The maximum Gasteiger partial charge on any atom is 0.508 e. The van der Waals surface area contributed by atoms with Crippen molar-refractivity contribution in [3.8, 4) is 0 Å². The molecule has 0 bridgehead atoms. The SMILES string of the molecule is O=C(Cl)CCCOC(=O)OCc1ccccc1. The van der Waals surface area contributed by atoms with Crippen LogP contribution in [0.5, 0.6) is 0 Å². The molecular formula is C12H13ClO4. The summed E-state index contributed by atoms with van der Waals surface area (Å²) in [6.45, 7) is 0.306. The molecule has 17 heavy (non-hydrogen) atoms. The van der Waals surface area contributed by atoms with Crippen LogP contribution in [0.4, 0.5) is 4.79 Å². The van der Waals surface area contributed by atoms with Gasteiger partial charge in [0.2, 0.25) is 5.24 Å². The second-order valence-electron chi connectivity index (χ2n) is 3.33. The number of benzene rings is 1. The lowest BCUT2D eigenvalue weighted by Gasteiger charge is -2.05. The van der Waals surface area contributed by atoms with Crippen LogP contribution in [-0.4, -0.2) is 18.0 Å². The molecule has 1 aromatic rings. The van der Waals surface area contributed by atoms with Gasteiger partial charge in [-0.25, -0.2) is 4.79 Å². The van der Waals surface area contributed by atoms with E-state index in [9.17, 15) is 9.59 Å². The summed E-state index contributed by atoms with van der Waals surface area (Å²) >= 11 is 5.12. The third kappa shape index (κ3) is 6.58. The second-order valence-corrected chi connectivity index (χ2v) is 3.75. The minimum absolute atomic E-state index is 0.131. The lowest BCUT2D eigenvalue weighted by Crippen LogP contribution is -2.08. The number of ether oxygens (including phenoxy) is 2. The number of carbonyl (C=O) groups is 2. The Labute approximate surface area is 104 Å². The summed E-state index contributed by atoms with van der Waals surface area (Å²) in [4.78, 5) is 21.5. The summed E-state index contributed by atoms with van der Waals surface area (Å²) in [5, 5.41) is -0.439. The van der Waals surface area contributed by atoms with E-state index >= 15 is 0 Å². The van der Waals surface area contributed by atoms with Crippen LogP contribution in [0.1, 0.15) is 18.4 Å².